The van der Waals surface area contributed by atoms with Crippen molar-refractivity contribution >= 4 is 23.4 Å². The van der Waals surface area contributed by atoms with Gasteiger partial charge in [-0.2, -0.15) is 0 Å². The van der Waals surface area contributed by atoms with E-state index >= 15 is 0 Å². The smallest absolute Gasteiger partial charge is 0.0548 e. The lowest BCUT2D eigenvalue weighted by Crippen LogP contribution is -1.82. The van der Waals surface area contributed by atoms with Crippen LogP contribution < -0.4 is 0 Å². The Morgan fingerprint density at radius 1 is 1.42 bits per heavy atom. The summed E-state index contributed by atoms with van der Waals surface area (Å²) in [4.78, 5) is 0. The van der Waals surface area contributed by atoms with Gasteiger partial charge in [-0.15, -0.1) is 18.2 Å². The summed E-state index contributed by atoms with van der Waals surface area (Å²) >= 11 is 7.64. The molecule has 0 N–H and O–H groups in total. The topological polar surface area (TPSA) is 0 Å². The molecule has 0 aliphatic carbocycles. The van der Waals surface area contributed by atoms with Crippen molar-refractivity contribution in [3.05, 3.63) is 34.9 Å². The summed E-state index contributed by atoms with van der Waals surface area (Å²) in [5.74, 6) is 4.21. The molecule has 0 atom stereocenters. The zero-order valence-electron chi connectivity index (χ0n) is 6.59. The highest BCUT2D eigenvalue weighted by molar-refractivity contribution is 7.98. The molecule has 1 rings (SSSR count). The van der Waals surface area contributed by atoms with Gasteiger partial charge in [0.25, 0.3) is 0 Å². The fraction of sp³-hybridized carbons (Fsp3) is 0.200. The third-order valence-corrected chi connectivity index (χ3v) is 2.66. The first-order valence-electron chi connectivity index (χ1n) is 3.59. The van der Waals surface area contributed by atoms with Gasteiger partial charge in [0, 0.05) is 10.8 Å². The summed E-state index contributed by atoms with van der Waals surface area (Å²) in [5.41, 5.74) is 1.15. The normalized spacial score (nSPS) is 9.33. The Balaban J connectivity index is 2.53. The molecular formula is C10H9ClS. The summed E-state index contributed by atoms with van der Waals surface area (Å²) in [6, 6.07) is 7.83. The van der Waals surface area contributed by atoms with Crippen LogP contribution in [0.1, 0.15) is 5.56 Å². The maximum Gasteiger partial charge on any atom is 0.0548 e. The maximum atomic E-state index is 5.94. The average Bonchev–Trinajstić information content (AvgIpc) is 2.09. The molecule has 0 spiro atoms. The molecule has 0 fully saturated rings. The summed E-state index contributed by atoms with van der Waals surface area (Å²) < 4.78 is 0. The lowest BCUT2D eigenvalue weighted by atomic mass is 10.2. The summed E-state index contributed by atoms with van der Waals surface area (Å²) in [5, 5.41) is 0.821. The van der Waals surface area contributed by atoms with Crippen LogP contribution in [0.5, 0.6) is 0 Å². The highest BCUT2D eigenvalue weighted by Crippen LogP contribution is 2.20. The number of rotatable bonds is 3. The van der Waals surface area contributed by atoms with E-state index in [1.807, 2.05) is 24.3 Å². The van der Waals surface area contributed by atoms with Crippen molar-refractivity contribution in [3.8, 4) is 12.3 Å². The van der Waals surface area contributed by atoms with Crippen molar-refractivity contribution in [2.45, 2.75) is 5.75 Å². The van der Waals surface area contributed by atoms with Crippen LogP contribution in [0.25, 0.3) is 0 Å². The van der Waals surface area contributed by atoms with Crippen LogP contribution >= 0.6 is 23.4 Å². The van der Waals surface area contributed by atoms with Gasteiger partial charge in [0.15, 0.2) is 0 Å². The first kappa shape index (κ1) is 9.51. The third-order valence-electron chi connectivity index (χ3n) is 1.40. The summed E-state index contributed by atoms with van der Waals surface area (Å²) in [7, 11) is 0. The molecule has 0 saturated carbocycles. The van der Waals surface area contributed by atoms with E-state index in [1.54, 1.807) is 11.8 Å². The van der Waals surface area contributed by atoms with Gasteiger partial charge in [0.05, 0.1) is 5.75 Å². The molecule has 0 aromatic heterocycles. The van der Waals surface area contributed by atoms with E-state index in [0.29, 0.717) is 0 Å². The van der Waals surface area contributed by atoms with Crippen molar-refractivity contribution in [1.82, 2.24) is 0 Å². The molecule has 1 aromatic carbocycles. The molecule has 0 nitrogen and oxygen atoms in total. The number of terminal acetylenes is 1. The number of thioether (sulfide) groups is 1. The predicted molar refractivity (Wildman–Crippen MR) is 56.4 cm³/mol. The number of halogens is 1. The van der Waals surface area contributed by atoms with Crippen molar-refractivity contribution in [3.63, 3.8) is 0 Å². The fourth-order valence-corrected chi connectivity index (χ4v) is 1.81. The zero-order chi connectivity index (χ0) is 8.81. The SMILES string of the molecule is C#CCSCc1ccccc1Cl. The standard InChI is InChI=1S/C10H9ClS/c1-2-7-12-8-9-5-3-4-6-10(9)11/h1,3-6H,7-8H2. The van der Waals surface area contributed by atoms with E-state index < -0.39 is 0 Å². The second-order valence-electron chi connectivity index (χ2n) is 2.29. The molecule has 0 heterocycles. The Bertz CT molecular complexity index is 288. The first-order valence-corrected chi connectivity index (χ1v) is 5.12. The number of hydrogen-bond donors (Lipinski definition) is 0. The van der Waals surface area contributed by atoms with E-state index in [-0.39, 0.29) is 0 Å². The second-order valence-corrected chi connectivity index (χ2v) is 3.68. The fourth-order valence-electron chi connectivity index (χ4n) is 0.835. The van der Waals surface area contributed by atoms with E-state index in [0.717, 1.165) is 22.1 Å². The van der Waals surface area contributed by atoms with Gasteiger partial charge in [-0.1, -0.05) is 35.7 Å². The van der Waals surface area contributed by atoms with Crippen LogP contribution in [-0.4, -0.2) is 5.75 Å². The quantitative estimate of drug-likeness (QED) is 0.529. The third kappa shape index (κ3) is 2.81. The maximum absolute atomic E-state index is 5.94. The van der Waals surface area contributed by atoms with Crippen LogP contribution in [0, 0.1) is 12.3 Å². The lowest BCUT2D eigenvalue weighted by Gasteiger charge is -2.00. The molecule has 12 heavy (non-hydrogen) atoms. The lowest BCUT2D eigenvalue weighted by molar-refractivity contribution is 1.41. The average molecular weight is 197 g/mol. The molecule has 62 valence electrons. The van der Waals surface area contributed by atoms with Crippen LogP contribution in [0.15, 0.2) is 24.3 Å². The number of benzene rings is 1. The molecule has 0 amide bonds. The zero-order valence-corrected chi connectivity index (χ0v) is 8.16. The van der Waals surface area contributed by atoms with Gasteiger partial charge in [-0.3, -0.25) is 0 Å². The Hall–Kier alpha value is -0.580. The Kier molecular flexibility index (Phi) is 4.07. The largest absolute Gasteiger partial charge is 0.144 e. The minimum Gasteiger partial charge on any atom is -0.144 e. The predicted octanol–water partition coefficient (Wildman–Crippen LogP) is 3.21. The van der Waals surface area contributed by atoms with Crippen LogP contribution in [0.3, 0.4) is 0 Å². The Labute approximate surface area is 82.3 Å². The molecule has 2 heteroatoms. The van der Waals surface area contributed by atoms with Crippen molar-refractivity contribution < 1.29 is 0 Å². The van der Waals surface area contributed by atoms with Crippen LogP contribution in [-0.2, 0) is 5.75 Å². The van der Waals surface area contributed by atoms with Crippen LogP contribution in [0.4, 0.5) is 0 Å². The summed E-state index contributed by atoms with van der Waals surface area (Å²) in [6.45, 7) is 0. The van der Waals surface area contributed by atoms with Gasteiger partial charge < -0.3 is 0 Å². The molecule has 0 unspecified atom stereocenters. The minimum atomic E-state index is 0.741. The monoisotopic (exact) mass is 196 g/mol. The molecule has 0 bridgehead atoms. The minimum absolute atomic E-state index is 0.741. The van der Waals surface area contributed by atoms with Gasteiger partial charge in [-0.05, 0) is 11.6 Å². The molecule has 0 aliphatic rings. The van der Waals surface area contributed by atoms with Gasteiger partial charge in [0.2, 0.25) is 0 Å². The van der Waals surface area contributed by atoms with E-state index in [1.165, 1.54) is 0 Å². The Morgan fingerprint density at radius 2 is 2.17 bits per heavy atom. The highest BCUT2D eigenvalue weighted by Gasteiger charge is 1.96. The van der Waals surface area contributed by atoms with E-state index in [4.69, 9.17) is 18.0 Å². The Morgan fingerprint density at radius 3 is 2.83 bits per heavy atom. The molecule has 0 saturated heterocycles. The molecular weight excluding hydrogens is 188 g/mol. The van der Waals surface area contributed by atoms with Crippen molar-refractivity contribution in [1.29, 1.82) is 0 Å². The van der Waals surface area contributed by atoms with Gasteiger partial charge in [-0.25, -0.2) is 0 Å². The van der Waals surface area contributed by atoms with Gasteiger partial charge >= 0.3 is 0 Å². The second kappa shape index (κ2) is 5.13. The number of hydrogen-bond acceptors (Lipinski definition) is 1. The van der Waals surface area contributed by atoms with Crippen molar-refractivity contribution in [2.24, 2.45) is 0 Å². The first-order chi connectivity index (χ1) is 5.84. The van der Waals surface area contributed by atoms with Crippen molar-refractivity contribution in [2.75, 3.05) is 5.75 Å². The van der Waals surface area contributed by atoms with Gasteiger partial charge in [0.1, 0.15) is 0 Å². The molecule has 0 aliphatic heterocycles. The molecule has 1 aromatic rings. The highest BCUT2D eigenvalue weighted by atomic mass is 35.5. The molecule has 0 radical (unpaired) electrons. The van der Waals surface area contributed by atoms with E-state index in [2.05, 4.69) is 5.92 Å². The summed E-state index contributed by atoms with van der Waals surface area (Å²) in [6.07, 6.45) is 5.13. The van der Waals surface area contributed by atoms with E-state index in [9.17, 15) is 0 Å². The van der Waals surface area contributed by atoms with Crippen LogP contribution in [0.2, 0.25) is 5.02 Å².